The van der Waals surface area contributed by atoms with Crippen molar-refractivity contribution < 1.29 is 19.5 Å². The minimum atomic E-state index is -0.924. The van der Waals surface area contributed by atoms with Crippen molar-refractivity contribution in [3.8, 4) is 0 Å². The lowest BCUT2D eigenvalue weighted by atomic mass is 10.1. The van der Waals surface area contributed by atoms with Crippen molar-refractivity contribution in [2.75, 3.05) is 19.6 Å². The van der Waals surface area contributed by atoms with E-state index in [1.807, 2.05) is 0 Å². The molecule has 0 spiro atoms. The first kappa shape index (κ1) is 13.8. The third-order valence-corrected chi connectivity index (χ3v) is 1.85. The fourth-order valence-electron chi connectivity index (χ4n) is 1.28. The second-order valence-electron chi connectivity index (χ2n) is 3.81. The molecule has 0 aromatic carbocycles. The van der Waals surface area contributed by atoms with Gasteiger partial charge in [0.15, 0.2) is 0 Å². The molecule has 0 radical (unpaired) electrons. The fourth-order valence-corrected chi connectivity index (χ4v) is 1.28. The third-order valence-electron chi connectivity index (χ3n) is 1.85. The number of carboxylic acid groups (broad SMARTS) is 1. The van der Waals surface area contributed by atoms with Crippen LogP contribution in [0.4, 0.5) is 0 Å². The maximum atomic E-state index is 10.9. The Kier molecular flexibility index (Phi) is 5.77. The highest BCUT2D eigenvalue weighted by atomic mass is 16.4. The summed E-state index contributed by atoms with van der Waals surface area (Å²) in [7, 11) is 0. The van der Waals surface area contributed by atoms with E-state index >= 15 is 0 Å². The van der Waals surface area contributed by atoms with E-state index in [4.69, 9.17) is 5.11 Å². The molecule has 0 amide bonds. The topological polar surface area (TPSA) is 74.7 Å². The van der Waals surface area contributed by atoms with Crippen molar-refractivity contribution in [1.29, 1.82) is 0 Å². The van der Waals surface area contributed by atoms with Gasteiger partial charge in [0.1, 0.15) is 11.6 Å². The second-order valence-corrected chi connectivity index (χ2v) is 3.81. The third kappa shape index (κ3) is 6.79. The van der Waals surface area contributed by atoms with Crippen molar-refractivity contribution in [3.63, 3.8) is 0 Å². The lowest BCUT2D eigenvalue weighted by Crippen LogP contribution is -2.38. The molecule has 0 saturated heterocycles. The first-order valence-corrected chi connectivity index (χ1v) is 4.77. The van der Waals surface area contributed by atoms with E-state index in [0.717, 1.165) is 0 Å². The number of carbonyl (C=O) groups excluding carboxylic acids is 2. The molecule has 86 valence electrons. The average molecular weight is 215 g/mol. The molecule has 5 heteroatoms. The SMILES string of the molecule is CC(=O)CN(CC(C)=O)CC(C)C(=O)O. The largest absolute Gasteiger partial charge is 0.481 e. The highest BCUT2D eigenvalue weighted by molar-refractivity contribution is 5.81. The Balaban J connectivity index is 4.29. The van der Waals surface area contributed by atoms with Gasteiger partial charge in [0.05, 0.1) is 19.0 Å². The first-order chi connectivity index (χ1) is 6.82. The van der Waals surface area contributed by atoms with Gasteiger partial charge >= 0.3 is 5.97 Å². The van der Waals surface area contributed by atoms with Crippen molar-refractivity contribution in [1.82, 2.24) is 4.90 Å². The molecular weight excluding hydrogens is 198 g/mol. The summed E-state index contributed by atoms with van der Waals surface area (Å²) in [5, 5.41) is 8.70. The van der Waals surface area contributed by atoms with Crippen LogP contribution in [0, 0.1) is 5.92 Å². The lowest BCUT2D eigenvalue weighted by Gasteiger charge is -2.21. The molecule has 1 atom stereocenters. The number of aliphatic carboxylic acids is 1. The molecule has 0 aliphatic heterocycles. The lowest BCUT2D eigenvalue weighted by molar-refractivity contribution is -0.142. The summed E-state index contributed by atoms with van der Waals surface area (Å²) in [5.74, 6) is -1.65. The van der Waals surface area contributed by atoms with Crippen molar-refractivity contribution in [2.24, 2.45) is 5.92 Å². The van der Waals surface area contributed by atoms with Gasteiger partial charge < -0.3 is 5.11 Å². The van der Waals surface area contributed by atoms with Crippen LogP contribution in [0.2, 0.25) is 0 Å². The normalized spacial score (nSPS) is 12.5. The van der Waals surface area contributed by atoms with Gasteiger partial charge in [-0.3, -0.25) is 19.3 Å². The molecular formula is C10H17NO4. The molecule has 0 heterocycles. The zero-order valence-electron chi connectivity index (χ0n) is 9.32. The highest BCUT2D eigenvalue weighted by Crippen LogP contribution is 2.00. The summed E-state index contributed by atoms with van der Waals surface area (Å²) in [5.41, 5.74) is 0. The standard InChI is InChI=1S/C10H17NO4/c1-7(10(14)15)4-11(5-8(2)12)6-9(3)13/h7H,4-6H2,1-3H3,(H,14,15). The number of carbonyl (C=O) groups is 3. The van der Waals surface area contributed by atoms with Crippen molar-refractivity contribution >= 4 is 17.5 Å². The van der Waals surface area contributed by atoms with Crippen LogP contribution in [0.15, 0.2) is 0 Å². The molecule has 0 fully saturated rings. The summed E-state index contributed by atoms with van der Waals surface area (Å²) < 4.78 is 0. The van der Waals surface area contributed by atoms with Crippen LogP contribution < -0.4 is 0 Å². The van der Waals surface area contributed by atoms with Crippen LogP contribution in [-0.4, -0.2) is 47.2 Å². The number of ketones is 2. The molecule has 0 saturated carbocycles. The van der Waals surface area contributed by atoms with Crippen LogP contribution >= 0.6 is 0 Å². The molecule has 1 N–H and O–H groups in total. The van der Waals surface area contributed by atoms with Gasteiger partial charge in [-0.2, -0.15) is 0 Å². The van der Waals surface area contributed by atoms with Crippen LogP contribution in [0.5, 0.6) is 0 Å². The van der Waals surface area contributed by atoms with Gasteiger partial charge in [-0.15, -0.1) is 0 Å². The van der Waals surface area contributed by atoms with E-state index < -0.39 is 11.9 Å². The summed E-state index contributed by atoms with van der Waals surface area (Å²) in [4.78, 5) is 33.9. The fraction of sp³-hybridized carbons (Fsp3) is 0.700. The van der Waals surface area contributed by atoms with Gasteiger partial charge in [0.2, 0.25) is 0 Å². The molecule has 5 nitrogen and oxygen atoms in total. The van der Waals surface area contributed by atoms with Crippen LogP contribution in [-0.2, 0) is 14.4 Å². The van der Waals surface area contributed by atoms with E-state index in [1.54, 1.807) is 11.8 Å². The van der Waals surface area contributed by atoms with Crippen molar-refractivity contribution in [3.05, 3.63) is 0 Å². The molecule has 0 bridgehead atoms. The van der Waals surface area contributed by atoms with Gasteiger partial charge in [0, 0.05) is 6.54 Å². The predicted octanol–water partition coefficient (Wildman–Crippen LogP) is 0.187. The molecule has 1 unspecified atom stereocenters. The van der Waals surface area contributed by atoms with E-state index in [-0.39, 0.29) is 31.2 Å². The predicted molar refractivity (Wildman–Crippen MR) is 54.6 cm³/mol. The molecule has 0 aliphatic rings. The Morgan fingerprint density at radius 3 is 1.80 bits per heavy atom. The van der Waals surface area contributed by atoms with Gasteiger partial charge in [-0.25, -0.2) is 0 Å². The van der Waals surface area contributed by atoms with Gasteiger partial charge in [0.25, 0.3) is 0 Å². The molecule has 0 rings (SSSR count). The summed E-state index contributed by atoms with van der Waals surface area (Å²) >= 11 is 0. The Morgan fingerprint density at radius 2 is 1.53 bits per heavy atom. The molecule has 0 aromatic rings. The van der Waals surface area contributed by atoms with Crippen LogP contribution in [0.1, 0.15) is 20.8 Å². The summed E-state index contributed by atoms with van der Waals surface area (Å²) in [6.07, 6.45) is 0. The zero-order valence-corrected chi connectivity index (χ0v) is 9.32. The van der Waals surface area contributed by atoms with E-state index in [2.05, 4.69) is 0 Å². The number of Topliss-reactive ketones (excluding diaryl/α,β-unsaturated/α-hetero) is 2. The number of nitrogens with zero attached hydrogens (tertiary/aromatic N) is 1. The maximum absolute atomic E-state index is 10.9. The Labute approximate surface area is 89.1 Å². The van der Waals surface area contributed by atoms with E-state index in [9.17, 15) is 14.4 Å². The molecule has 0 aromatic heterocycles. The number of hydrogen-bond donors (Lipinski definition) is 1. The molecule has 0 aliphatic carbocycles. The zero-order chi connectivity index (χ0) is 12.0. The van der Waals surface area contributed by atoms with Crippen LogP contribution in [0.3, 0.4) is 0 Å². The minimum Gasteiger partial charge on any atom is -0.481 e. The first-order valence-electron chi connectivity index (χ1n) is 4.77. The van der Waals surface area contributed by atoms with Gasteiger partial charge in [-0.05, 0) is 13.8 Å². The van der Waals surface area contributed by atoms with Crippen LogP contribution in [0.25, 0.3) is 0 Å². The average Bonchev–Trinajstić information content (AvgIpc) is 2.00. The number of carboxylic acids is 1. The second kappa shape index (κ2) is 6.29. The summed E-state index contributed by atoms with van der Waals surface area (Å²) in [6, 6.07) is 0. The Hall–Kier alpha value is -1.23. The Morgan fingerprint density at radius 1 is 1.13 bits per heavy atom. The minimum absolute atomic E-state index is 0.0751. The van der Waals surface area contributed by atoms with Crippen molar-refractivity contribution in [2.45, 2.75) is 20.8 Å². The Bertz CT molecular complexity index is 246. The molecule has 15 heavy (non-hydrogen) atoms. The number of rotatable bonds is 7. The van der Waals surface area contributed by atoms with Gasteiger partial charge in [-0.1, -0.05) is 6.92 Å². The van der Waals surface area contributed by atoms with E-state index in [0.29, 0.717) is 0 Å². The quantitative estimate of drug-likeness (QED) is 0.656. The summed E-state index contributed by atoms with van der Waals surface area (Å²) in [6.45, 7) is 4.84. The number of hydrogen-bond acceptors (Lipinski definition) is 4. The van der Waals surface area contributed by atoms with E-state index in [1.165, 1.54) is 13.8 Å². The highest BCUT2D eigenvalue weighted by Gasteiger charge is 2.18. The smallest absolute Gasteiger partial charge is 0.307 e. The monoisotopic (exact) mass is 215 g/mol. The maximum Gasteiger partial charge on any atom is 0.307 e.